The van der Waals surface area contributed by atoms with Gasteiger partial charge in [0.2, 0.25) is 5.91 Å². The molecule has 1 amide bonds. The second kappa shape index (κ2) is 5.43. The molecular weight excluding hydrogens is 242 g/mol. The van der Waals surface area contributed by atoms with E-state index in [9.17, 15) is 9.59 Å². The summed E-state index contributed by atoms with van der Waals surface area (Å²) in [4.78, 5) is 25.4. The van der Waals surface area contributed by atoms with Crippen LogP contribution in [0.3, 0.4) is 0 Å². The number of hydrogen-bond acceptors (Lipinski definition) is 3. The average Bonchev–Trinajstić information content (AvgIpc) is 2.80. The Morgan fingerprint density at radius 2 is 2.00 bits per heavy atom. The third-order valence-corrected chi connectivity index (χ3v) is 3.71. The normalized spacial score (nSPS) is 20.5. The molecule has 1 aliphatic rings. The van der Waals surface area contributed by atoms with Crippen molar-refractivity contribution in [3.05, 3.63) is 35.4 Å². The van der Waals surface area contributed by atoms with Gasteiger partial charge in [-0.2, -0.15) is 0 Å². The molecule has 1 aromatic rings. The van der Waals surface area contributed by atoms with Gasteiger partial charge in [-0.3, -0.25) is 4.79 Å². The summed E-state index contributed by atoms with van der Waals surface area (Å²) in [5.41, 5.74) is 2.21. The highest BCUT2D eigenvalue weighted by atomic mass is 16.5. The van der Waals surface area contributed by atoms with E-state index in [1.165, 1.54) is 12.7 Å². The first kappa shape index (κ1) is 13.6. The summed E-state index contributed by atoms with van der Waals surface area (Å²) in [7, 11) is 1.36. The van der Waals surface area contributed by atoms with Crippen LogP contribution in [0.5, 0.6) is 0 Å². The van der Waals surface area contributed by atoms with E-state index in [4.69, 9.17) is 4.74 Å². The molecule has 0 saturated carbocycles. The zero-order chi connectivity index (χ0) is 14.0. The summed E-state index contributed by atoms with van der Waals surface area (Å²) in [5, 5.41) is 0. The molecule has 1 aliphatic heterocycles. The molecular formula is C15H19NO3. The standard InChI is InChI=1S/C15H19NO3/c1-10-4-6-12(7-5-10)11(2)16-13(15(18)19-3)8-9-14(16)17/h4-7,11,13H,8-9H2,1-3H3. The van der Waals surface area contributed by atoms with Crippen LogP contribution in [-0.4, -0.2) is 29.9 Å². The Balaban J connectivity index is 2.24. The maximum absolute atomic E-state index is 12.0. The van der Waals surface area contributed by atoms with Crippen LogP contribution in [0.1, 0.15) is 36.9 Å². The molecule has 1 aromatic carbocycles. The van der Waals surface area contributed by atoms with Crippen LogP contribution in [0.2, 0.25) is 0 Å². The summed E-state index contributed by atoms with van der Waals surface area (Å²) < 4.78 is 4.79. The van der Waals surface area contributed by atoms with Gasteiger partial charge in [0.25, 0.3) is 0 Å². The number of amides is 1. The average molecular weight is 261 g/mol. The first-order valence-corrected chi connectivity index (χ1v) is 6.50. The summed E-state index contributed by atoms with van der Waals surface area (Å²) in [5.74, 6) is -0.312. The first-order valence-electron chi connectivity index (χ1n) is 6.50. The number of nitrogens with zero attached hydrogens (tertiary/aromatic N) is 1. The van der Waals surface area contributed by atoms with Gasteiger partial charge in [-0.15, -0.1) is 0 Å². The number of hydrogen-bond donors (Lipinski definition) is 0. The van der Waals surface area contributed by atoms with E-state index >= 15 is 0 Å². The van der Waals surface area contributed by atoms with Crippen molar-refractivity contribution in [3.8, 4) is 0 Å². The van der Waals surface area contributed by atoms with Gasteiger partial charge in [0, 0.05) is 6.42 Å². The van der Waals surface area contributed by atoms with Crippen molar-refractivity contribution in [2.75, 3.05) is 7.11 Å². The van der Waals surface area contributed by atoms with E-state index in [0.29, 0.717) is 12.8 Å². The Bertz CT molecular complexity index is 481. The summed E-state index contributed by atoms with van der Waals surface area (Å²) in [6.45, 7) is 3.97. The first-order chi connectivity index (χ1) is 9.04. The van der Waals surface area contributed by atoms with Crippen molar-refractivity contribution in [2.24, 2.45) is 0 Å². The number of aryl methyl sites for hydroxylation is 1. The highest BCUT2D eigenvalue weighted by Gasteiger charge is 2.39. The molecule has 2 rings (SSSR count). The van der Waals surface area contributed by atoms with Gasteiger partial charge < -0.3 is 9.64 Å². The molecule has 1 heterocycles. The van der Waals surface area contributed by atoms with Crippen LogP contribution in [0, 0.1) is 6.92 Å². The zero-order valence-corrected chi connectivity index (χ0v) is 11.6. The lowest BCUT2D eigenvalue weighted by atomic mass is 10.0. The number of benzene rings is 1. The maximum Gasteiger partial charge on any atom is 0.328 e. The van der Waals surface area contributed by atoms with Crippen molar-refractivity contribution in [1.82, 2.24) is 4.90 Å². The molecule has 4 heteroatoms. The second-order valence-electron chi connectivity index (χ2n) is 4.97. The summed E-state index contributed by atoms with van der Waals surface area (Å²) in [6.07, 6.45) is 0.956. The van der Waals surface area contributed by atoms with Gasteiger partial charge in [-0.25, -0.2) is 4.79 Å². The van der Waals surface area contributed by atoms with Gasteiger partial charge in [0.05, 0.1) is 13.2 Å². The fraction of sp³-hybridized carbons (Fsp3) is 0.467. The van der Waals surface area contributed by atoms with E-state index < -0.39 is 6.04 Å². The minimum atomic E-state index is -0.450. The van der Waals surface area contributed by atoms with E-state index in [1.54, 1.807) is 4.90 Å². The van der Waals surface area contributed by atoms with Crippen molar-refractivity contribution in [2.45, 2.75) is 38.8 Å². The fourth-order valence-electron chi connectivity index (χ4n) is 2.56. The molecule has 0 N–H and O–H groups in total. The van der Waals surface area contributed by atoms with Gasteiger partial charge in [-0.1, -0.05) is 29.8 Å². The third-order valence-electron chi connectivity index (χ3n) is 3.71. The monoisotopic (exact) mass is 261 g/mol. The molecule has 2 unspecified atom stereocenters. The quantitative estimate of drug-likeness (QED) is 0.784. The molecule has 1 saturated heterocycles. The van der Waals surface area contributed by atoms with Crippen LogP contribution < -0.4 is 0 Å². The number of carbonyl (C=O) groups is 2. The highest BCUT2D eigenvalue weighted by molar-refractivity contribution is 5.88. The van der Waals surface area contributed by atoms with E-state index in [2.05, 4.69) is 0 Å². The SMILES string of the molecule is COC(=O)C1CCC(=O)N1C(C)c1ccc(C)cc1. The van der Waals surface area contributed by atoms with Crippen molar-refractivity contribution in [3.63, 3.8) is 0 Å². The van der Waals surface area contributed by atoms with E-state index in [-0.39, 0.29) is 17.9 Å². The van der Waals surface area contributed by atoms with Crippen LogP contribution in [-0.2, 0) is 14.3 Å². The predicted molar refractivity (Wildman–Crippen MR) is 71.5 cm³/mol. The van der Waals surface area contributed by atoms with Crippen LogP contribution in [0.4, 0.5) is 0 Å². The Kier molecular flexibility index (Phi) is 3.88. The molecule has 2 atom stereocenters. The largest absolute Gasteiger partial charge is 0.467 e. The third kappa shape index (κ3) is 2.62. The lowest BCUT2D eigenvalue weighted by molar-refractivity contribution is -0.150. The van der Waals surface area contributed by atoms with Gasteiger partial charge in [0.1, 0.15) is 6.04 Å². The second-order valence-corrected chi connectivity index (χ2v) is 4.97. The van der Waals surface area contributed by atoms with Crippen molar-refractivity contribution < 1.29 is 14.3 Å². The number of carbonyl (C=O) groups excluding carboxylic acids is 2. The Labute approximate surface area is 113 Å². The predicted octanol–water partition coefficient (Wildman–Crippen LogP) is 2.22. The summed E-state index contributed by atoms with van der Waals surface area (Å²) >= 11 is 0. The number of esters is 1. The number of rotatable bonds is 3. The maximum atomic E-state index is 12.0. The van der Waals surface area contributed by atoms with E-state index in [0.717, 1.165) is 5.56 Å². The van der Waals surface area contributed by atoms with Gasteiger partial charge in [0.15, 0.2) is 0 Å². The lowest BCUT2D eigenvalue weighted by Crippen LogP contribution is -2.40. The summed E-state index contributed by atoms with van der Waals surface area (Å²) in [6, 6.07) is 7.47. The highest BCUT2D eigenvalue weighted by Crippen LogP contribution is 2.30. The van der Waals surface area contributed by atoms with Crippen LogP contribution in [0.15, 0.2) is 24.3 Å². The van der Waals surface area contributed by atoms with Crippen molar-refractivity contribution >= 4 is 11.9 Å². The van der Waals surface area contributed by atoms with Gasteiger partial charge in [-0.05, 0) is 25.8 Å². The minimum absolute atomic E-state index is 0.0171. The smallest absolute Gasteiger partial charge is 0.328 e. The molecule has 0 radical (unpaired) electrons. The molecule has 4 nitrogen and oxygen atoms in total. The van der Waals surface area contributed by atoms with Gasteiger partial charge >= 0.3 is 5.97 Å². The van der Waals surface area contributed by atoms with Crippen LogP contribution >= 0.6 is 0 Å². The molecule has 102 valence electrons. The Morgan fingerprint density at radius 3 is 2.58 bits per heavy atom. The molecule has 1 fully saturated rings. The fourth-order valence-corrected chi connectivity index (χ4v) is 2.56. The van der Waals surface area contributed by atoms with E-state index in [1.807, 2.05) is 38.1 Å². The molecule has 0 bridgehead atoms. The molecule has 0 aliphatic carbocycles. The Morgan fingerprint density at radius 1 is 1.37 bits per heavy atom. The molecule has 0 aromatic heterocycles. The number of likely N-dealkylation sites (tertiary alicyclic amines) is 1. The van der Waals surface area contributed by atoms with Crippen LogP contribution in [0.25, 0.3) is 0 Å². The lowest BCUT2D eigenvalue weighted by Gasteiger charge is -2.29. The number of ether oxygens (including phenoxy) is 1. The molecule has 0 spiro atoms. The molecule has 19 heavy (non-hydrogen) atoms. The Hall–Kier alpha value is -1.84. The number of methoxy groups -OCH3 is 1. The zero-order valence-electron chi connectivity index (χ0n) is 11.6. The van der Waals surface area contributed by atoms with Crippen molar-refractivity contribution in [1.29, 1.82) is 0 Å². The topological polar surface area (TPSA) is 46.6 Å². The minimum Gasteiger partial charge on any atom is -0.467 e.